The van der Waals surface area contributed by atoms with Crippen LogP contribution in [0.2, 0.25) is 5.02 Å². The van der Waals surface area contributed by atoms with Gasteiger partial charge in [0.15, 0.2) is 6.61 Å². The fourth-order valence-corrected chi connectivity index (χ4v) is 2.25. The van der Waals surface area contributed by atoms with Gasteiger partial charge in [-0.3, -0.25) is 4.79 Å². The molecule has 0 bridgehead atoms. The number of amides is 1. The molecule has 0 fully saturated rings. The minimum atomic E-state index is -0.201. The summed E-state index contributed by atoms with van der Waals surface area (Å²) >= 11 is 5.82. The highest BCUT2D eigenvalue weighted by molar-refractivity contribution is 6.30. The van der Waals surface area contributed by atoms with Crippen LogP contribution < -0.4 is 10.1 Å². The average Bonchev–Trinajstić information content (AvgIpc) is 3.06. The zero-order valence-corrected chi connectivity index (χ0v) is 14.3. The van der Waals surface area contributed by atoms with E-state index in [0.29, 0.717) is 29.0 Å². The third-order valence-electron chi connectivity index (χ3n) is 3.41. The van der Waals surface area contributed by atoms with E-state index in [1.165, 1.54) is 0 Å². The standard InChI is InChI=1S/C18H16ClN3O3/c1-12-21-18(22-25-12)14-4-8-16(9-5-14)24-11-17(23)20-10-13-2-6-15(19)7-3-13/h2-9H,10-11H2,1H3,(H,20,23). The van der Waals surface area contributed by atoms with Crippen molar-refractivity contribution < 1.29 is 14.1 Å². The molecule has 7 heteroatoms. The van der Waals surface area contributed by atoms with E-state index in [-0.39, 0.29) is 12.5 Å². The first-order chi connectivity index (χ1) is 12.1. The first-order valence-corrected chi connectivity index (χ1v) is 8.02. The third-order valence-corrected chi connectivity index (χ3v) is 3.66. The van der Waals surface area contributed by atoms with Crippen LogP contribution in [-0.2, 0) is 11.3 Å². The summed E-state index contributed by atoms with van der Waals surface area (Å²) < 4.78 is 10.4. The van der Waals surface area contributed by atoms with Gasteiger partial charge in [-0.15, -0.1) is 0 Å². The molecule has 0 unspecified atom stereocenters. The molecule has 1 amide bonds. The number of nitrogens with zero attached hydrogens (tertiary/aromatic N) is 2. The molecule has 128 valence electrons. The number of nitrogens with one attached hydrogen (secondary N) is 1. The number of aryl methyl sites for hydroxylation is 1. The van der Waals surface area contributed by atoms with Crippen LogP contribution in [0.25, 0.3) is 11.4 Å². The van der Waals surface area contributed by atoms with Crippen LogP contribution in [0.3, 0.4) is 0 Å². The lowest BCUT2D eigenvalue weighted by molar-refractivity contribution is -0.123. The van der Waals surface area contributed by atoms with Gasteiger partial charge >= 0.3 is 0 Å². The second kappa shape index (κ2) is 7.81. The molecule has 0 aliphatic carbocycles. The Morgan fingerprint density at radius 2 is 1.88 bits per heavy atom. The normalized spacial score (nSPS) is 10.5. The van der Waals surface area contributed by atoms with Gasteiger partial charge < -0.3 is 14.6 Å². The summed E-state index contributed by atoms with van der Waals surface area (Å²) in [6, 6.07) is 14.4. The van der Waals surface area contributed by atoms with Crippen molar-refractivity contribution in [2.75, 3.05) is 6.61 Å². The smallest absolute Gasteiger partial charge is 0.258 e. The van der Waals surface area contributed by atoms with E-state index in [1.807, 2.05) is 24.3 Å². The monoisotopic (exact) mass is 357 g/mol. The lowest BCUT2D eigenvalue weighted by Crippen LogP contribution is -2.28. The number of halogens is 1. The number of rotatable bonds is 6. The summed E-state index contributed by atoms with van der Waals surface area (Å²) in [5, 5.41) is 7.30. The molecule has 0 spiro atoms. The lowest BCUT2D eigenvalue weighted by atomic mass is 10.2. The Morgan fingerprint density at radius 1 is 1.16 bits per heavy atom. The molecule has 0 aliphatic rings. The Hall–Kier alpha value is -2.86. The summed E-state index contributed by atoms with van der Waals surface area (Å²) in [5.74, 6) is 1.41. The highest BCUT2D eigenvalue weighted by atomic mass is 35.5. The highest BCUT2D eigenvalue weighted by Gasteiger charge is 2.07. The van der Waals surface area contributed by atoms with Crippen LogP contribution in [0.15, 0.2) is 53.1 Å². The predicted octanol–water partition coefficient (Wildman–Crippen LogP) is 3.39. The topological polar surface area (TPSA) is 77.2 Å². The molecule has 0 radical (unpaired) electrons. The van der Waals surface area contributed by atoms with Crippen molar-refractivity contribution in [3.8, 4) is 17.1 Å². The lowest BCUT2D eigenvalue weighted by Gasteiger charge is -2.08. The number of benzene rings is 2. The van der Waals surface area contributed by atoms with E-state index < -0.39 is 0 Å². The Morgan fingerprint density at radius 3 is 2.52 bits per heavy atom. The molecule has 0 saturated carbocycles. The summed E-state index contributed by atoms with van der Waals surface area (Å²) in [6.45, 7) is 2.10. The first kappa shape index (κ1) is 17.0. The van der Waals surface area contributed by atoms with Crippen molar-refractivity contribution in [2.45, 2.75) is 13.5 Å². The van der Waals surface area contributed by atoms with E-state index in [2.05, 4.69) is 15.5 Å². The molecule has 25 heavy (non-hydrogen) atoms. The number of aromatic nitrogens is 2. The second-order valence-corrected chi connectivity index (χ2v) is 5.79. The van der Waals surface area contributed by atoms with Gasteiger partial charge in [-0.2, -0.15) is 4.98 Å². The van der Waals surface area contributed by atoms with Crippen molar-refractivity contribution in [2.24, 2.45) is 0 Å². The average molecular weight is 358 g/mol. The molecule has 3 aromatic rings. The maximum absolute atomic E-state index is 11.9. The van der Waals surface area contributed by atoms with Gasteiger partial charge in [0.1, 0.15) is 5.75 Å². The first-order valence-electron chi connectivity index (χ1n) is 7.65. The summed E-state index contributed by atoms with van der Waals surface area (Å²) in [7, 11) is 0. The van der Waals surface area contributed by atoms with E-state index in [4.69, 9.17) is 20.9 Å². The van der Waals surface area contributed by atoms with Crippen LogP contribution in [-0.4, -0.2) is 22.7 Å². The van der Waals surface area contributed by atoms with Crippen LogP contribution in [0.4, 0.5) is 0 Å². The molecule has 1 N–H and O–H groups in total. The molecular formula is C18H16ClN3O3. The van der Waals surface area contributed by atoms with Crippen LogP contribution >= 0.6 is 11.6 Å². The SMILES string of the molecule is Cc1nc(-c2ccc(OCC(=O)NCc3ccc(Cl)cc3)cc2)no1. The van der Waals surface area contributed by atoms with Crippen LogP contribution in [0, 0.1) is 6.92 Å². The minimum Gasteiger partial charge on any atom is -0.484 e. The Bertz CT molecular complexity index is 845. The predicted molar refractivity (Wildman–Crippen MR) is 93.3 cm³/mol. The van der Waals surface area contributed by atoms with Crippen molar-refractivity contribution in [1.29, 1.82) is 0 Å². The van der Waals surface area contributed by atoms with Gasteiger partial charge in [-0.05, 0) is 42.0 Å². The summed E-state index contributed by atoms with van der Waals surface area (Å²) in [6.07, 6.45) is 0. The number of hydrogen-bond donors (Lipinski definition) is 1. The van der Waals surface area contributed by atoms with E-state index in [0.717, 1.165) is 11.1 Å². The van der Waals surface area contributed by atoms with Gasteiger partial charge in [-0.1, -0.05) is 28.9 Å². The number of hydrogen-bond acceptors (Lipinski definition) is 5. The number of carbonyl (C=O) groups is 1. The Balaban J connectivity index is 1.47. The molecule has 1 aromatic heterocycles. The van der Waals surface area contributed by atoms with Crippen molar-refractivity contribution in [1.82, 2.24) is 15.5 Å². The van der Waals surface area contributed by atoms with Gasteiger partial charge in [0.05, 0.1) is 0 Å². The minimum absolute atomic E-state index is 0.0613. The molecule has 0 atom stereocenters. The summed E-state index contributed by atoms with van der Waals surface area (Å²) in [5.41, 5.74) is 1.79. The zero-order chi connectivity index (χ0) is 17.6. The molecule has 1 heterocycles. The largest absolute Gasteiger partial charge is 0.484 e. The molecule has 3 rings (SSSR count). The van der Waals surface area contributed by atoms with Gasteiger partial charge in [0, 0.05) is 24.1 Å². The fraction of sp³-hybridized carbons (Fsp3) is 0.167. The van der Waals surface area contributed by atoms with Crippen molar-refractivity contribution >= 4 is 17.5 Å². The van der Waals surface area contributed by atoms with Gasteiger partial charge in [-0.25, -0.2) is 0 Å². The molecule has 0 saturated heterocycles. The van der Waals surface area contributed by atoms with Crippen molar-refractivity contribution in [3.05, 3.63) is 65.0 Å². The van der Waals surface area contributed by atoms with Crippen molar-refractivity contribution in [3.63, 3.8) is 0 Å². The Kier molecular flexibility index (Phi) is 5.30. The zero-order valence-electron chi connectivity index (χ0n) is 13.5. The quantitative estimate of drug-likeness (QED) is 0.731. The molecule has 0 aliphatic heterocycles. The molecular weight excluding hydrogens is 342 g/mol. The van der Waals surface area contributed by atoms with Crippen LogP contribution in [0.1, 0.15) is 11.5 Å². The Labute approximate surface area is 149 Å². The second-order valence-electron chi connectivity index (χ2n) is 5.35. The molecule has 6 nitrogen and oxygen atoms in total. The fourth-order valence-electron chi connectivity index (χ4n) is 2.12. The van der Waals surface area contributed by atoms with Gasteiger partial charge in [0.25, 0.3) is 5.91 Å². The highest BCUT2D eigenvalue weighted by Crippen LogP contribution is 2.19. The molecule has 2 aromatic carbocycles. The van der Waals surface area contributed by atoms with Gasteiger partial charge in [0.2, 0.25) is 11.7 Å². The number of ether oxygens (including phenoxy) is 1. The van der Waals surface area contributed by atoms with E-state index in [1.54, 1.807) is 31.2 Å². The summed E-state index contributed by atoms with van der Waals surface area (Å²) in [4.78, 5) is 16.0. The maximum Gasteiger partial charge on any atom is 0.258 e. The van der Waals surface area contributed by atoms with E-state index >= 15 is 0 Å². The maximum atomic E-state index is 11.9. The van der Waals surface area contributed by atoms with E-state index in [9.17, 15) is 4.79 Å². The third kappa shape index (κ3) is 4.81. The number of carbonyl (C=O) groups excluding carboxylic acids is 1. The van der Waals surface area contributed by atoms with Crippen LogP contribution in [0.5, 0.6) is 5.75 Å².